The molecule has 2 aromatic heterocycles. The van der Waals surface area contributed by atoms with Crippen LogP contribution in [-0.4, -0.2) is 30.5 Å². The monoisotopic (exact) mass is 490 g/mol. The molecule has 0 fully saturated rings. The highest BCUT2D eigenvalue weighted by Gasteiger charge is 2.13. The van der Waals surface area contributed by atoms with Crippen LogP contribution in [0.3, 0.4) is 0 Å². The molecule has 4 aromatic rings. The Morgan fingerprint density at radius 3 is 2.47 bits per heavy atom. The maximum atomic E-state index is 12.2. The third-order valence-electron chi connectivity index (χ3n) is 5.45. The van der Waals surface area contributed by atoms with E-state index in [9.17, 15) is 4.79 Å². The zero-order chi connectivity index (χ0) is 25.5. The first-order chi connectivity index (χ1) is 17.5. The van der Waals surface area contributed by atoms with Crippen LogP contribution in [0.1, 0.15) is 28.3 Å². The summed E-state index contributed by atoms with van der Waals surface area (Å²) in [6, 6.07) is 14.5. The number of aromatic nitrogens is 2. The van der Waals surface area contributed by atoms with Crippen molar-refractivity contribution in [2.75, 3.05) is 14.2 Å². The number of para-hydroxylation sites is 1. The Bertz CT molecular complexity index is 1350. The summed E-state index contributed by atoms with van der Waals surface area (Å²) in [4.78, 5) is 12.2. The minimum Gasteiger partial charge on any atom is -0.496 e. The lowest BCUT2D eigenvalue weighted by Gasteiger charge is -2.11. The fourth-order valence-electron chi connectivity index (χ4n) is 3.48. The van der Waals surface area contributed by atoms with Gasteiger partial charge in [-0.15, -0.1) is 0 Å². The third-order valence-corrected chi connectivity index (χ3v) is 5.45. The first kappa shape index (κ1) is 24.6. The van der Waals surface area contributed by atoms with Crippen LogP contribution in [0, 0.1) is 13.8 Å². The van der Waals surface area contributed by atoms with Crippen molar-refractivity contribution in [1.82, 2.24) is 10.3 Å². The highest BCUT2D eigenvalue weighted by molar-refractivity contribution is 5.87. The summed E-state index contributed by atoms with van der Waals surface area (Å²) in [7, 11) is 3.14. The van der Waals surface area contributed by atoms with E-state index in [1.54, 1.807) is 38.5 Å². The molecule has 0 aliphatic heterocycles. The highest BCUT2D eigenvalue weighted by Crippen LogP contribution is 2.31. The number of ether oxygens (including phenoxy) is 4. The molecule has 0 saturated heterocycles. The van der Waals surface area contributed by atoms with E-state index in [-0.39, 0.29) is 6.61 Å². The van der Waals surface area contributed by atoms with Gasteiger partial charge in [0.2, 0.25) is 0 Å². The van der Waals surface area contributed by atoms with Crippen LogP contribution < -0.4 is 14.2 Å². The number of rotatable bonds is 10. The van der Waals surface area contributed by atoms with E-state index in [1.165, 1.54) is 6.08 Å². The van der Waals surface area contributed by atoms with Crippen molar-refractivity contribution in [3.63, 3.8) is 0 Å². The lowest BCUT2D eigenvalue weighted by Crippen LogP contribution is -2.00. The minimum absolute atomic E-state index is 0.0525. The van der Waals surface area contributed by atoms with E-state index in [1.807, 2.05) is 44.2 Å². The molecule has 0 saturated carbocycles. The number of nitrogens with zero attached hydrogens (tertiary/aromatic N) is 2. The minimum atomic E-state index is -0.525. The van der Waals surface area contributed by atoms with Crippen LogP contribution in [0.4, 0.5) is 0 Å². The van der Waals surface area contributed by atoms with E-state index in [2.05, 4.69) is 10.3 Å². The predicted octanol–water partition coefficient (Wildman–Crippen LogP) is 5.30. The Labute approximate surface area is 208 Å². The van der Waals surface area contributed by atoms with Crippen LogP contribution >= 0.6 is 0 Å². The van der Waals surface area contributed by atoms with Crippen LogP contribution in [0.5, 0.6) is 17.2 Å². The number of hydrogen-bond donors (Lipinski definition) is 0. The Hall–Kier alpha value is -4.53. The number of methoxy groups -OCH3 is 2. The lowest BCUT2D eigenvalue weighted by atomic mass is 10.1. The van der Waals surface area contributed by atoms with E-state index in [4.69, 9.17) is 28.0 Å². The summed E-state index contributed by atoms with van der Waals surface area (Å²) in [5, 5.41) is 7.96. The van der Waals surface area contributed by atoms with Gasteiger partial charge in [-0.2, -0.15) is 0 Å². The Kier molecular flexibility index (Phi) is 7.69. The second-order valence-corrected chi connectivity index (χ2v) is 7.82. The molecule has 4 rings (SSSR count). The van der Waals surface area contributed by atoms with Crippen LogP contribution in [0.25, 0.3) is 17.3 Å². The number of hydrogen-bond acceptors (Lipinski definition) is 9. The smallest absolute Gasteiger partial charge is 0.331 e. The standard InChI is InChI=1S/C27H26N2O7/c1-17-22(18(2)35-28-17)16-33-25-11-9-19(13-26(25)32-4)10-12-27(30)34-15-20-14-23(29-36-20)21-7-5-6-8-24(21)31-3/h5-14H,15-16H2,1-4H3/b12-10+. The number of esters is 1. The van der Waals surface area contributed by atoms with Crippen molar-refractivity contribution in [3.05, 3.63) is 82.9 Å². The summed E-state index contributed by atoms with van der Waals surface area (Å²) in [6.45, 7) is 3.95. The summed E-state index contributed by atoms with van der Waals surface area (Å²) in [5.41, 5.74) is 3.80. The number of carbonyl (C=O) groups excluding carboxylic acids is 1. The molecule has 2 aromatic carbocycles. The van der Waals surface area contributed by atoms with Gasteiger partial charge in [0.15, 0.2) is 23.9 Å². The molecule has 0 bridgehead atoms. The average Bonchev–Trinajstić information content (AvgIpc) is 3.51. The maximum Gasteiger partial charge on any atom is 0.331 e. The average molecular weight is 491 g/mol. The molecule has 0 atom stereocenters. The molecular weight excluding hydrogens is 464 g/mol. The van der Waals surface area contributed by atoms with Gasteiger partial charge >= 0.3 is 5.97 Å². The number of aryl methyl sites for hydroxylation is 2. The SMILES string of the molecule is COc1cc(/C=C/C(=O)OCc2cc(-c3ccccc3OC)no2)ccc1OCc1c(C)noc1C. The van der Waals surface area contributed by atoms with Crippen molar-refractivity contribution in [1.29, 1.82) is 0 Å². The third kappa shape index (κ3) is 5.75. The first-order valence-electron chi connectivity index (χ1n) is 11.1. The normalized spacial score (nSPS) is 11.0. The topological polar surface area (TPSA) is 106 Å². The summed E-state index contributed by atoms with van der Waals surface area (Å²) >= 11 is 0. The van der Waals surface area contributed by atoms with Crippen LogP contribution in [0.15, 0.2) is 63.7 Å². The van der Waals surface area contributed by atoms with E-state index >= 15 is 0 Å². The highest BCUT2D eigenvalue weighted by atomic mass is 16.5. The second kappa shape index (κ2) is 11.3. The molecule has 0 aliphatic rings. The predicted molar refractivity (Wildman–Crippen MR) is 131 cm³/mol. The van der Waals surface area contributed by atoms with Gasteiger partial charge < -0.3 is 28.0 Å². The first-order valence-corrected chi connectivity index (χ1v) is 11.1. The molecule has 36 heavy (non-hydrogen) atoms. The fourth-order valence-corrected chi connectivity index (χ4v) is 3.48. The van der Waals surface area contributed by atoms with Crippen molar-refractivity contribution >= 4 is 12.0 Å². The fraction of sp³-hybridized carbons (Fsp3) is 0.222. The summed E-state index contributed by atoms with van der Waals surface area (Å²) in [6.07, 6.45) is 2.96. The van der Waals surface area contributed by atoms with E-state index in [0.717, 1.165) is 22.4 Å². The van der Waals surface area contributed by atoms with Crippen molar-refractivity contribution in [2.45, 2.75) is 27.1 Å². The Morgan fingerprint density at radius 1 is 0.917 bits per heavy atom. The zero-order valence-electron chi connectivity index (χ0n) is 20.4. The molecule has 0 spiro atoms. The molecule has 0 radical (unpaired) electrons. The number of carbonyl (C=O) groups is 1. The molecule has 0 unspecified atom stereocenters. The summed E-state index contributed by atoms with van der Waals surface area (Å²) < 4.78 is 32.4. The van der Waals surface area contributed by atoms with E-state index < -0.39 is 5.97 Å². The molecular formula is C27H26N2O7. The molecule has 0 aliphatic carbocycles. The maximum absolute atomic E-state index is 12.2. The molecule has 186 valence electrons. The quantitative estimate of drug-likeness (QED) is 0.216. The second-order valence-electron chi connectivity index (χ2n) is 7.82. The lowest BCUT2D eigenvalue weighted by molar-refractivity contribution is -0.139. The van der Waals surface area contributed by atoms with Gasteiger partial charge in [0, 0.05) is 17.7 Å². The van der Waals surface area contributed by atoms with Gasteiger partial charge in [-0.3, -0.25) is 0 Å². The summed E-state index contributed by atoms with van der Waals surface area (Å²) in [5.74, 6) is 2.37. The van der Waals surface area contributed by atoms with Crippen LogP contribution in [-0.2, 0) is 22.7 Å². The zero-order valence-corrected chi connectivity index (χ0v) is 20.4. The Morgan fingerprint density at radius 2 is 1.72 bits per heavy atom. The van der Waals surface area contributed by atoms with Crippen molar-refractivity contribution < 1.29 is 32.8 Å². The van der Waals surface area contributed by atoms with Gasteiger partial charge in [0.25, 0.3) is 0 Å². The van der Waals surface area contributed by atoms with Crippen LogP contribution in [0.2, 0.25) is 0 Å². The molecule has 9 heteroatoms. The number of benzene rings is 2. The molecule has 0 amide bonds. The van der Waals surface area contributed by atoms with Crippen molar-refractivity contribution in [3.8, 4) is 28.5 Å². The molecule has 9 nitrogen and oxygen atoms in total. The van der Waals surface area contributed by atoms with E-state index in [0.29, 0.717) is 41.1 Å². The van der Waals surface area contributed by atoms with Gasteiger partial charge in [0.05, 0.1) is 25.5 Å². The van der Waals surface area contributed by atoms with Gasteiger partial charge in [-0.1, -0.05) is 28.5 Å². The Balaban J connectivity index is 1.34. The van der Waals surface area contributed by atoms with Crippen molar-refractivity contribution in [2.24, 2.45) is 0 Å². The van der Waals surface area contributed by atoms with Gasteiger partial charge in [-0.05, 0) is 49.8 Å². The largest absolute Gasteiger partial charge is 0.496 e. The van der Waals surface area contributed by atoms with Gasteiger partial charge in [-0.25, -0.2) is 4.79 Å². The molecule has 2 heterocycles. The van der Waals surface area contributed by atoms with Gasteiger partial charge in [0.1, 0.15) is 23.8 Å². The molecule has 0 N–H and O–H groups in total.